The van der Waals surface area contributed by atoms with Crippen molar-refractivity contribution in [2.24, 2.45) is 0 Å². The van der Waals surface area contributed by atoms with Gasteiger partial charge in [0.2, 0.25) is 0 Å². The average molecular weight is 265 g/mol. The van der Waals surface area contributed by atoms with Gasteiger partial charge in [0.05, 0.1) is 25.4 Å². The molecule has 1 aromatic carbocycles. The van der Waals surface area contributed by atoms with Crippen molar-refractivity contribution in [3.8, 4) is 0 Å². The molecule has 0 aliphatic rings. The summed E-state index contributed by atoms with van der Waals surface area (Å²) in [6, 6.07) is 10.7. The quantitative estimate of drug-likeness (QED) is 0.659. The van der Waals surface area contributed by atoms with Gasteiger partial charge in [0, 0.05) is 6.61 Å². The molecule has 0 radical (unpaired) electrons. The van der Waals surface area contributed by atoms with Gasteiger partial charge in [-0.1, -0.05) is 44.2 Å². The Kier molecular flexibility index (Phi) is 8.47. The standard InChI is InChI=1S/C16H27NO2/c1-4-11-18-12-13-19-14(3)16(17-5-2)15-9-7-6-8-10-15/h6-10,14,16-17H,4-5,11-13H2,1-3H3. The van der Waals surface area contributed by atoms with Crippen LogP contribution >= 0.6 is 0 Å². The molecular formula is C16H27NO2. The van der Waals surface area contributed by atoms with E-state index in [1.165, 1.54) is 5.56 Å². The van der Waals surface area contributed by atoms with Gasteiger partial charge in [0.15, 0.2) is 0 Å². The molecule has 1 N–H and O–H groups in total. The van der Waals surface area contributed by atoms with E-state index >= 15 is 0 Å². The van der Waals surface area contributed by atoms with E-state index in [1.807, 2.05) is 6.07 Å². The molecule has 1 aromatic rings. The lowest BCUT2D eigenvalue weighted by molar-refractivity contribution is -0.00323. The van der Waals surface area contributed by atoms with Gasteiger partial charge in [-0.05, 0) is 25.5 Å². The SMILES string of the molecule is CCCOCCOC(C)C(NCC)c1ccccc1. The average Bonchev–Trinajstić information content (AvgIpc) is 2.45. The minimum Gasteiger partial charge on any atom is -0.379 e. The fourth-order valence-electron chi connectivity index (χ4n) is 2.07. The second-order valence-electron chi connectivity index (χ2n) is 4.63. The molecule has 1 rings (SSSR count). The van der Waals surface area contributed by atoms with Gasteiger partial charge in [0.25, 0.3) is 0 Å². The van der Waals surface area contributed by atoms with Crippen molar-refractivity contribution in [1.82, 2.24) is 5.32 Å². The number of ether oxygens (including phenoxy) is 2. The fourth-order valence-corrected chi connectivity index (χ4v) is 2.07. The van der Waals surface area contributed by atoms with Gasteiger partial charge in [-0.2, -0.15) is 0 Å². The molecule has 19 heavy (non-hydrogen) atoms. The molecule has 0 aromatic heterocycles. The first kappa shape index (κ1) is 16.2. The molecule has 0 aliphatic heterocycles. The van der Waals surface area contributed by atoms with E-state index in [0.29, 0.717) is 13.2 Å². The summed E-state index contributed by atoms with van der Waals surface area (Å²) >= 11 is 0. The zero-order chi connectivity index (χ0) is 13.9. The molecule has 0 saturated carbocycles. The number of hydrogen-bond donors (Lipinski definition) is 1. The Hall–Kier alpha value is -0.900. The Labute approximate surface area is 117 Å². The molecule has 3 nitrogen and oxygen atoms in total. The summed E-state index contributed by atoms with van der Waals surface area (Å²) in [5, 5.41) is 3.48. The topological polar surface area (TPSA) is 30.5 Å². The van der Waals surface area contributed by atoms with E-state index in [9.17, 15) is 0 Å². The van der Waals surface area contributed by atoms with Crippen LogP contribution in [0.25, 0.3) is 0 Å². The molecule has 3 heteroatoms. The van der Waals surface area contributed by atoms with E-state index in [-0.39, 0.29) is 12.1 Å². The maximum Gasteiger partial charge on any atom is 0.0742 e. The van der Waals surface area contributed by atoms with Gasteiger partial charge < -0.3 is 14.8 Å². The Bertz CT molecular complexity index is 316. The summed E-state index contributed by atoms with van der Waals surface area (Å²) in [5.41, 5.74) is 1.27. The Morgan fingerprint density at radius 1 is 1.05 bits per heavy atom. The molecular weight excluding hydrogens is 238 g/mol. The van der Waals surface area contributed by atoms with Crippen LogP contribution in [-0.4, -0.2) is 32.5 Å². The van der Waals surface area contributed by atoms with Gasteiger partial charge >= 0.3 is 0 Å². The second kappa shape index (κ2) is 9.96. The van der Waals surface area contributed by atoms with Gasteiger partial charge in [-0.25, -0.2) is 0 Å². The minimum absolute atomic E-state index is 0.132. The zero-order valence-electron chi connectivity index (χ0n) is 12.4. The van der Waals surface area contributed by atoms with E-state index < -0.39 is 0 Å². The third kappa shape index (κ3) is 6.19. The third-order valence-corrected chi connectivity index (χ3v) is 3.01. The van der Waals surface area contributed by atoms with Crippen molar-refractivity contribution in [2.75, 3.05) is 26.4 Å². The number of nitrogens with one attached hydrogen (secondary N) is 1. The molecule has 0 bridgehead atoms. The first-order chi connectivity index (χ1) is 9.29. The predicted octanol–water partition coefficient (Wildman–Crippen LogP) is 3.17. The monoisotopic (exact) mass is 265 g/mol. The van der Waals surface area contributed by atoms with Crippen LogP contribution in [0.2, 0.25) is 0 Å². The van der Waals surface area contributed by atoms with E-state index in [2.05, 4.69) is 50.4 Å². The number of hydrogen-bond acceptors (Lipinski definition) is 3. The number of benzene rings is 1. The molecule has 0 aliphatic carbocycles. The molecule has 0 amide bonds. The summed E-state index contributed by atoms with van der Waals surface area (Å²) in [4.78, 5) is 0. The van der Waals surface area contributed by atoms with Crippen molar-refractivity contribution in [3.63, 3.8) is 0 Å². The number of likely N-dealkylation sites (N-methyl/N-ethyl adjacent to an activating group) is 1. The fraction of sp³-hybridized carbons (Fsp3) is 0.625. The van der Waals surface area contributed by atoms with Crippen molar-refractivity contribution < 1.29 is 9.47 Å². The first-order valence-corrected chi connectivity index (χ1v) is 7.27. The van der Waals surface area contributed by atoms with Crippen molar-refractivity contribution in [1.29, 1.82) is 0 Å². The summed E-state index contributed by atoms with van der Waals surface area (Å²) in [6.45, 7) is 9.40. The molecule has 2 atom stereocenters. The second-order valence-corrected chi connectivity index (χ2v) is 4.63. The van der Waals surface area contributed by atoms with Gasteiger partial charge in [-0.3, -0.25) is 0 Å². The highest BCUT2D eigenvalue weighted by atomic mass is 16.5. The number of rotatable bonds is 10. The Balaban J connectivity index is 2.42. The molecule has 0 saturated heterocycles. The summed E-state index contributed by atoms with van der Waals surface area (Å²) in [5.74, 6) is 0. The molecule has 108 valence electrons. The highest BCUT2D eigenvalue weighted by Crippen LogP contribution is 2.18. The predicted molar refractivity (Wildman–Crippen MR) is 79.4 cm³/mol. The Morgan fingerprint density at radius 2 is 1.79 bits per heavy atom. The lowest BCUT2D eigenvalue weighted by Crippen LogP contribution is -2.32. The minimum atomic E-state index is 0.132. The highest BCUT2D eigenvalue weighted by molar-refractivity contribution is 5.19. The van der Waals surface area contributed by atoms with E-state index in [1.54, 1.807) is 0 Å². The van der Waals surface area contributed by atoms with Crippen LogP contribution in [0, 0.1) is 0 Å². The first-order valence-electron chi connectivity index (χ1n) is 7.27. The molecule has 0 fully saturated rings. The van der Waals surface area contributed by atoms with Gasteiger partial charge in [-0.15, -0.1) is 0 Å². The summed E-state index contributed by atoms with van der Waals surface area (Å²) in [6.07, 6.45) is 1.19. The molecule has 2 unspecified atom stereocenters. The van der Waals surface area contributed by atoms with Crippen LogP contribution in [0.1, 0.15) is 38.8 Å². The van der Waals surface area contributed by atoms with Crippen LogP contribution < -0.4 is 5.32 Å². The van der Waals surface area contributed by atoms with Crippen LogP contribution in [0.4, 0.5) is 0 Å². The van der Waals surface area contributed by atoms with E-state index in [0.717, 1.165) is 19.6 Å². The van der Waals surface area contributed by atoms with Crippen molar-refractivity contribution in [2.45, 2.75) is 39.3 Å². The van der Waals surface area contributed by atoms with Crippen LogP contribution in [0.3, 0.4) is 0 Å². The highest BCUT2D eigenvalue weighted by Gasteiger charge is 2.18. The smallest absolute Gasteiger partial charge is 0.0742 e. The normalized spacial score (nSPS) is 14.3. The lowest BCUT2D eigenvalue weighted by Gasteiger charge is -2.25. The summed E-state index contributed by atoms with van der Waals surface area (Å²) in [7, 11) is 0. The van der Waals surface area contributed by atoms with E-state index in [4.69, 9.17) is 9.47 Å². The lowest BCUT2D eigenvalue weighted by atomic mass is 10.0. The molecule has 0 heterocycles. The largest absolute Gasteiger partial charge is 0.379 e. The summed E-state index contributed by atoms with van der Waals surface area (Å²) < 4.78 is 11.3. The maximum atomic E-state index is 5.87. The van der Waals surface area contributed by atoms with Crippen LogP contribution in [-0.2, 0) is 9.47 Å². The Morgan fingerprint density at radius 3 is 2.42 bits per heavy atom. The maximum absolute atomic E-state index is 5.87. The van der Waals surface area contributed by atoms with Crippen molar-refractivity contribution in [3.05, 3.63) is 35.9 Å². The molecule has 0 spiro atoms. The third-order valence-electron chi connectivity index (χ3n) is 3.01. The van der Waals surface area contributed by atoms with Gasteiger partial charge in [0.1, 0.15) is 0 Å². The van der Waals surface area contributed by atoms with Crippen LogP contribution in [0.5, 0.6) is 0 Å². The zero-order valence-corrected chi connectivity index (χ0v) is 12.4. The van der Waals surface area contributed by atoms with Crippen LogP contribution in [0.15, 0.2) is 30.3 Å². The van der Waals surface area contributed by atoms with Crippen molar-refractivity contribution >= 4 is 0 Å².